The van der Waals surface area contributed by atoms with Crippen molar-refractivity contribution in [2.24, 2.45) is 5.92 Å². The van der Waals surface area contributed by atoms with Gasteiger partial charge in [0, 0.05) is 25.2 Å². The second kappa shape index (κ2) is 34.3. The molecular weight excluding hydrogens is 739 g/mol. The number of ether oxygens (including phenoxy) is 3. The summed E-state index contributed by atoms with van der Waals surface area (Å²) in [7, 11) is -4.82. The highest BCUT2D eigenvalue weighted by atomic mass is 31.2. The molecule has 1 fully saturated rings. The standard InChI is InChI=1S/C43H79O12P/c1-3-5-7-8-9-10-11-12-13-14-15-16-17-18-19-20-26-30-42(47)54-37(35-53-56(49,50)51)34-52-41(46)29-25-22-21-24-28-38-39(45)33-43(48)55-40(38)32-31-36(44)27-23-6-4-2/h21,24,31-32,36-40,43-45,48H,3-20,22-23,25-30,33-35H2,1-2H3,(H2,49,50,51)/b24-21-,32-31+/t36-,37+,38-,39-,40+,43?/m0/s1. The van der Waals surface area contributed by atoms with Crippen molar-refractivity contribution in [1.82, 2.24) is 0 Å². The summed E-state index contributed by atoms with van der Waals surface area (Å²) in [5.74, 6) is -1.38. The summed E-state index contributed by atoms with van der Waals surface area (Å²) in [6.07, 6.45) is 29.5. The van der Waals surface area contributed by atoms with E-state index in [1.807, 2.05) is 12.2 Å². The van der Waals surface area contributed by atoms with Gasteiger partial charge in [0.25, 0.3) is 0 Å². The van der Waals surface area contributed by atoms with Crippen LogP contribution < -0.4 is 0 Å². The maximum Gasteiger partial charge on any atom is 0.469 e. The van der Waals surface area contributed by atoms with E-state index in [4.69, 9.17) is 24.0 Å². The van der Waals surface area contributed by atoms with Crippen LogP contribution in [0.1, 0.15) is 187 Å². The topological polar surface area (TPSA) is 189 Å². The molecule has 0 saturated carbocycles. The average molecular weight is 819 g/mol. The summed E-state index contributed by atoms with van der Waals surface area (Å²) in [5, 5.41) is 30.8. The molecule has 56 heavy (non-hydrogen) atoms. The Morgan fingerprint density at radius 2 is 1.27 bits per heavy atom. The van der Waals surface area contributed by atoms with Gasteiger partial charge in [0.15, 0.2) is 12.4 Å². The fraction of sp³-hybridized carbons (Fsp3) is 0.860. The first-order chi connectivity index (χ1) is 26.9. The third-order valence-electron chi connectivity index (χ3n) is 10.3. The predicted octanol–water partition coefficient (Wildman–Crippen LogP) is 9.29. The number of hydrogen-bond acceptors (Lipinski definition) is 10. The Kier molecular flexibility index (Phi) is 32.0. The van der Waals surface area contributed by atoms with Crippen LogP contribution in [-0.2, 0) is 32.9 Å². The number of aliphatic hydroxyl groups is 3. The van der Waals surface area contributed by atoms with Gasteiger partial charge in [-0.05, 0) is 32.1 Å². The van der Waals surface area contributed by atoms with Gasteiger partial charge in [-0.3, -0.25) is 14.1 Å². The number of allylic oxidation sites excluding steroid dienone is 2. The first-order valence-electron chi connectivity index (χ1n) is 22.0. The Morgan fingerprint density at radius 1 is 0.732 bits per heavy atom. The maximum absolute atomic E-state index is 12.5. The molecule has 328 valence electrons. The van der Waals surface area contributed by atoms with Gasteiger partial charge in [0.1, 0.15) is 6.61 Å². The zero-order valence-electron chi connectivity index (χ0n) is 34.8. The van der Waals surface area contributed by atoms with Crippen molar-refractivity contribution in [2.75, 3.05) is 13.2 Å². The highest BCUT2D eigenvalue weighted by Gasteiger charge is 2.35. The molecule has 0 aromatic rings. The van der Waals surface area contributed by atoms with Gasteiger partial charge in [0.05, 0.1) is 24.9 Å². The van der Waals surface area contributed by atoms with E-state index in [0.717, 1.165) is 38.5 Å². The molecule has 13 heteroatoms. The molecule has 1 heterocycles. The number of rotatable bonds is 36. The third-order valence-corrected chi connectivity index (χ3v) is 10.8. The molecule has 0 radical (unpaired) electrons. The van der Waals surface area contributed by atoms with E-state index in [-0.39, 0.29) is 31.8 Å². The Balaban J connectivity index is 2.28. The normalized spacial score (nSPS) is 20.1. The number of hydrogen-bond donors (Lipinski definition) is 5. The van der Waals surface area contributed by atoms with Gasteiger partial charge in [-0.15, -0.1) is 0 Å². The molecule has 0 amide bonds. The fourth-order valence-electron chi connectivity index (χ4n) is 6.88. The van der Waals surface area contributed by atoms with Gasteiger partial charge in [-0.2, -0.15) is 0 Å². The molecule has 1 unspecified atom stereocenters. The van der Waals surface area contributed by atoms with E-state index in [9.17, 15) is 29.5 Å². The zero-order chi connectivity index (χ0) is 41.3. The molecule has 0 aliphatic carbocycles. The summed E-state index contributed by atoms with van der Waals surface area (Å²) in [4.78, 5) is 43.1. The summed E-state index contributed by atoms with van der Waals surface area (Å²) < 4.78 is 32.1. The lowest BCUT2D eigenvalue weighted by atomic mass is 9.87. The maximum atomic E-state index is 12.5. The predicted molar refractivity (Wildman–Crippen MR) is 220 cm³/mol. The summed E-state index contributed by atoms with van der Waals surface area (Å²) >= 11 is 0. The van der Waals surface area contributed by atoms with Crippen LogP contribution >= 0.6 is 7.82 Å². The summed E-state index contributed by atoms with van der Waals surface area (Å²) in [6, 6.07) is 0. The second-order valence-electron chi connectivity index (χ2n) is 15.6. The van der Waals surface area contributed by atoms with E-state index >= 15 is 0 Å². The summed E-state index contributed by atoms with van der Waals surface area (Å²) in [6.45, 7) is 3.37. The van der Waals surface area contributed by atoms with Crippen LogP contribution in [0.3, 0.4) is 0 Å². The Bertz CT molecular complexity index is 1080. The smallest absolute Gasteiger partial charge is 0.462 e. The molecule has 6 atom stereocenters. The van der Waals surface area contributed by atoms with Crippen LogP contribution in [0.15, 0.2) is 24.3 Å². The number of aliphatic hydroxyl groups excluding tert-OH is 3. The van der Waals surface area contributed by atoms with Crippen molar-refractivity contribution in [3.63, 3.8) is 0 Å². The van der Waals surface area contributed by atoms with Crippen molar-refractivity contribution in [3.05, 3.63) is 24.3 Å². The van der Waals surface area contributed by atoms with E-state index < -0.39 is 57.1 Å². The molecule has 0 aromatic heterocycles. The second-order valence-corrected chi connectivity index (χ2v) is 16.8. The number of phosphoric acid groups is 1. The molecular formula is C43H79O12P. The van der Waals surface area contributed by atoms with E-state index in [2.05, 4.69) is 18.4 Å². The highest BCUT2D eigenvalue weighted by molar-refractivity contribution is 7.46. The van der Waals surface area contributed by atoms with Gasteiger partial charge < -0.3 is 39.3 Å². The van der Waals surface area contributed by atoms with E-state index in [0.29, 0.717) is 32.1 Å². The molecule has 0 spiro atoms. The van der Waals surface area contributed by atoms with Gasteiger partial charge in [-0.1, -0.05) is 160 Å². The molecule has 5 N–H and O–H groups in total. The largest absolute Gasteiger partial charge is 0.469 e. The molecule has 1 aliphatic rings. The van der Waals surface area contributed by atoms with Crippen LogP contribution in [0, 0.1) is 5.92 Å². The Morgan fingerprint density at radius 3 is 1.84 bits per heavy atom. The first kappa shape index (κ1) is 52.4. The van der Waals surface area contributed by atoms with Crippen molar-refractivity contribution in [3.8, 4) is 0 Å². The van der Waals surface area contributed by atoms with Crippen molar-refractivity contribution in [1.29, 1.82) is 0 Å². The first-order valence-corrected chi connectivity index (χ1v) is 23.6. The fourth-order valence-corrected chi connectivity index (χ4v) is 7.24. The molecule has 1 saturated heterocycles. The Labute approximate surface area is 338 Å². The minimum atomic E-state index is -4.82. The van der Waals surface area contributed by atoms with Gasteiger partial charge in [-0.25, -0.2) is 4.57 Å². The SMILES string of the molecule is CCCCCCCCCCCCCCCCCCCC(=O)O[C@H](COC(=O)CCC/C=C\C[C@H]1[C@@H](O)CC(O)O[C@@H]1/C=C/[C@@H](O)CCCCC)COP(=O)(O)O. The average Bonchev–Trinajstić information content (AvgIpc) is 3.14. The minimum Gasteiger partial charge on any atom is -0.462 e. The van der Waals surface area contributed by atoms with E-state index in [1.165, 1.54) is 83.5 Å². The molecule has 1 aliphatic heterocycles. The van der Waals surface area contributed by atoms with Crippen LogP contribution in [0.2, 0.25) is 0 Å². The number of unbranched alkanes of at least 4 members (excludes halogenated alkanes) is 19. The molecule has 0 aromatic carbocycles. The van der Waals surface area contributed by atoms with Crippen LogP contribution in [0.25, 0.3) is 0 Å². The van der Waals surface area contributed by atoms with Crippen LogP contribution in [0.5, 0.6) is 0 Å². The van der Waals surface area contributed by atoms with Crippen molar-refractivity contribution in [2.45, 2.75) is 218 Å². The lowest BCUT2D eigenvalue weighted by molar-refractivity contribution is -0.199. The van der Waals surface area contributed by atoms with Gasteiger partial charge in [0.2, 0.25) is 0 Å². The summed E-state index contributed by atoms with van der Waals surface area (Å²) in [5.41, 5.74) is 0. The molecule has 1 rings (SSSR count). The lowest BCUT2D eigenvalue weighted by Crippen LogP contribution is -2.43. The van der Waals surface area contributed by atoms with Gasteiger partial charge >= 0.3 is 19.8 Å². The number of carbonyl (C=O) groups is 2. The lowest BCUT2D eigenvalue weighted by Gasteiger charge is -2.36. The molecule has 12 nitrogen and oxygen atoms in total. The third kappa shape index (κ3) is 30.4. The quantitative estimate of drug-likeness (QED) is 0.0175. The number of carbonyl (C=O) groups excluding carboxylic acids is 2. The van der Waals surface area contributed by atoms with Crippen LogP contribution in [0.4, 0.5) is 0 Å². The number of esters is 2. The zero-order valence-corrected chi connectivity index (χ0v) is 35.7. The minimum absolute atomic E-state index is 0.0756. The molecule has 0 bridgehead atoms. The number of phosphoric ester groups is 1. The van der Waals surface area contributed by atoms with Crippen LogP contribution in [-0.4, -0.2) is 81.0 Å². The Hall–Kier alpha value is -1.63. The monoisotopic (exact) mass is 819 g/mol. The highest BCUT2D eigenvalue weighted by Crippen LogP contribution is 2.36. The van der Waals surface area contributed by atoms with Crippen molar-refractivity contribution < 1.29 is 58.0 Å². The van der Waals surface area contributed by atoms with E-state index in [1.54, 1.807) is 12.2 Å². The van der Waals surface area contributed by atoms with Crippen molar-refractivity contribution >= 4 is 19.8 Å².